The van der Waals surface area contributed by atoms with E-state index in [0.717, 1.165) is 23.1 Å². The molecule has 1 aromatic carbocycles. The van der Waals surface area contributed by atoms with Crippen molar-refractivity contribution in [2.75, 3.05) is 0 Å². The largest absolute Gasteiger partial charge is 0.507 e. The summed E-state index contributed by atoms with van der Waals surface area (Å²) in [5, 5.41) is 14.2. The van der Waals surface area contributed by atoms with E-state index in [0.29, 0.717) is 11.8 Å². The van der Waals surface area contributed by atoms with Crippen LogP contribution in [0.15, 0.2) is 28.9 Å². The van der Waals surface area contributed by atoms with E-state index in [2.05, 4.69) is 5.32 Å². The Labute approximate surface area is 100 Å². The Morgan fingerprint density at radius 1 is 1.29 bits per heavy atom. The average molecular weight is 231 g/mol. The predicted molar refractivity (Wildman–Crippen MR) is 67.0 cm³/mol. The van der Waals surface area contributed by atoms with Gasteiger partial charge in [-0.05, 0) is 25.0 Å². The first kappa shape index (κ1) is 10.7. The van der Waals surface area contributed by atoms with E-state index in [9.17, 15) is 5.11 Å². The van der Waals surface area contributed by atoms with Gasteiger partial charge in [0.2, 0.25) is 0 Å². The molecule has 90 valence electrons. The lowest BCUT2D eigenvalue weighted by molar-refractivity contribution is 0.480. The second-order valence-electron chi connectivity index (χ2n) is 4.77. The molecule has 2 aromatic rings. The van der Waals surface area contributed by atoms with E-state index in [-0.39, 0.29) is 0 Å². The fourth-order valence-corrected chi connectivity index (χ4v) is 2.65. The molecule has 0 saturated heterocycles. The van der Waals surface area contributed by atoms with E-state index < -0.39 is 0 Å². The van der Waals surface area contributed by atoms with Crippen molar-refractivity contribution < 1.29 is 9.52 Å². The van der Waals surface area contributed by atoms with E-state index >= 15 is 0 Å². The van der Waals surface area contributed by atoms with Crippen molar-refractivity contribution in [3.63, 3.8) is 0 Å². The van der Waals surface area contributed by atoms with Crippen LogP contribution < -0.4 is 5.32 Å². The monoisotopic (exact) mass is 231 g/mol. The average Bonchev–Trinajstić information content (AvgIpc) is 2.95. The molecule has 0 unspecified atom stereocenters. The van der Waals surface area contributed by atoms with Crippen LogP contribution in [0.2, 0.25) is 0 Å². The Balaban J connectivity index is 1.80. The molecule has 0 radical (unpaired) electrons. The van der Waals surface area contributed by atoms with Crippen LogP contribution in [0.4, 0.5) is 0 Å². The standard InChI is InChI=1S/C14H17NO2/c16-12-6-3-7-13-14(12)10(9-17-13)8-15-11-4-1-2-5-11/h3,6-7,9,11,15-16H,1-2,4-5,8H2. The van der Waals surface area contributed by atoms with Gasteiger partial charge < -0.3 is 14.8 Å². The lowest BCUT2D eigenvalue weighted by Gasteiger charge is -2.10. The van der Waals surface area contributed by atoms with Crippen LogP contribution in [-0.2, 0) is 6.54 Å². The SMILES string of the molecule is Oc1cccc2occ(CNC3CCCC3)c12. The zero-order chi connectivity index (χ0) is 11.7. The smallest absolute Gasteiger partial charge is 0.137 e. The van der Waals surface area contributed by atoms with Gasteiger partial charge in [-0.1, -0.05) is 18.9 Å². The number of benzene rings is 1. The molecule has 0 atom stereocenters. The van der Waals surface area contributed by atoms with Gasteiger partial charge in [-0.25, -0.2) is 0 Å². The number of furan rings is 1. The highest BCUT2D eigenvalue weighted by atomic mass is 16.3. The fraction of sp³-hybridized carbons (Fsp3) is 0.429. The third-order valence-corrected chi connectivity index (χ3v) is 3.59. The number of phenols is 1. The number of aromatic hydroxyl groups is 1. The van der Waals surface area contributed by atoms with Gasteiger partial charge in [0.05, 0.1) is 11.6 Å². The number of fused-ring (bicyclic) bond motifs is 1. The molecule has 0 amide bonds. The number of phenolic OH excluding ortho intramolecular Hbond substituents is 1. The molecule has 1 aromatic heterocycles. The Bertz CT molecular complexity index is 512. The number of hydrogen-bond donors (Lipinski definition) is 2. The Hall–Kier alpha value is -1.48. The molecule has 3 rings (SSSR count). The summed E-state index contributed by atoms with van der Waals surface area (Å²) < 4.78 is 5.45. The number of rotatable bonds is 3. The van der Waals surface area contributed by atoms with Crippen LogP contribution in [0.3, 0.4) is 0 Å². The molecule has 0 bridgehead atoms. The van der Waals surface area contributed by atoms with Crippen LogP contribution in [0.5, 0.6) is 5.75 Å². The molecule has 1 saturated carbocycles. The zero-order valence-electron chi connectivity index (χ0n) is 9.78. The van der Waals surface area contributed by atoms with Crippen LogP contribution in [-0.4, -0.2) is 11.1 Å². The highest BCUT2D eigenvalue weighted by Crippen LogP contribution is 2.29. The maximum absolute atomic E-state index is 9.85. The molecule has 1 aliphatic rings. The number of nitrogens with one attached hydrogen (secondary N) is 1. The quantitative estimate of drug-likeness (QED) is 0.852. The van der Waals surface area contributed by atoms with Crippen molar-refractivity contribution in [2.24, 2.45) is 0 Å². The molecule has 1 aliphatic carbocycles. The van der Waals surface area contributed by atoms with E-state index in [1.807, 2.05) is 6.07 Å². The van der Waals surface area contributed by atoms with Crippen molar-refractivity contribution in [2.45, 2.75) is 38.3 Å². The molecule has 17 heavy (non-hydrogen) atoms. The highest BCUT2D eigenvalue weighted by Gasteiger charge is 2.16. The summed E-state index contributed by atoms with van der Waals surface area (Å²) in [6.07, 6.45) is 6.93. The maximum atomic E-state index is 9.85. The lowest BCUT2D eigenvalue weighted by Crippen LogP contribution is -2.25. The highest BCUT2D eigenvalue weighted by molar-refractivity contribution is 5.87. The summed E-state index contributed by atoms with van der Waals surface area (Å²) in [5.41, 5.74) is 1.80. The Kier molecular flexibility index (Phi) is 2.77. The van der Waals surface area contributed by atoms with Crippen LogP contribution in [0.25, 0.3) is 11.0 Å². The van der Waals surface area contributed by atoms with Gasteiger partial charge in [-0.15, -0.1) is 0 Å². The summed E-state index contributed by atoms with van der Waals surface area (Å²) in [4.78, 5) is 0. The minimum absolute atomic E-state index is 0.305. The summed E-state index contributed by atoms with van der Waals surface area (Å²) in [6.45, 7) is 0.773. The zero-order valence-corrected chi connectivity index (χ0v) is 9.78. The third-order valence-electron chi connectivity index (χ3n) is 3.59. The van der Waals surface area contributed by atoms with Crippen molar-refractivity contribution in [3.8, 4) is 5.75 Å². The first-order valence-electron chi connectivity index (χ1n) is 6.26. The Morgan fingerprint density at radius 2 is 2.12 bits per heavy atom. The van der Waals surface area contributed by atoms with Gasteiger partial charge in [-0.3, -0.25) is 0 Å². The maximum Gasteiger partial charge on any atom is 0.137 e. The molecule has 0 aliphatic heterocycles. The Morgan fingerprint density at radius 3 is 2.94 bits per heavy atom. The van der Waals surface area contributed by atoms with Gasteiger partial charge in [0.15, 0.2) is 0 Å². The normalized spacial score (nSPS) is 16.9. The second-order valence-corrected chi connectivity index (χ2v) is 4.77. The van der Waals surface area contributed by atoms with Gasteiger partial charge in [-0.2, -0.15) is 0 Å². The fourth-order valence-electron chi connectivity index (χ4n) is 2.65. The first-order chi connectivity index (χ1) is 8.34. The lowest BCUT2D eigenvalue weighted by atomic mass is 10.1. The van der Waals surface area contributed by atoms with Crippen molar-refractivity contribution >= 4 is 11.0 Å². The van der Waals surface area contributed by atoms with Crippen LogP contribution >= 0.6 is 0 Å². The summed E-state index contributed by atoms with van der Waals surface area (Å²) in [5.74, 6) is 0.305. The topological polar surface area (TPSA) is 45.4 Å². The number of hydrogen-bond acceptors (Lipinski definition) is 3. The first-order valence-corrected chi connectivity index (χ1v) is 6.26. The van der Waals surface area contributed by atoms with E-state index in [1.54, 1.807) is 18.4 Å². The molecule has 3 nitrogen and oxygen atoms in total. The second kappa shape index (κ2) is 4.41. The molecular weight excluding hydrogens is 214 g/mol. The molecule has 1 fully saturated rings. The van der Waals surface area contributed by atoms with Gasteiger partial charge in [0.25, 0.3) is 0 Å². The minimum Gasteiger partial charge on any atom is -0.507 e. The summed E-state index contributed by atoms with van der Waals surface area (Å²) in [6, 6.07) is 6.02. The molecule has 3 heteroatoms. The van der Waals surface area contributed by atoms with Gasteiger partial charge in [0, 0.05) is 18.2 Å². The molecule has 2 N–H and O–H groups in total. The van der Waals surface area contributed by atoms with Crippen LogP contribution in [0, 0.1) is 0 Å². The van der Waals surface area contributed by atoms with Gasteiger partial charge >= 0.3 is 0 Å². The third kappa shape index (κ3) is 2.03. The van der Waals surface area contributed by atoms with E-state index in [4.69, 9.17) is 4.42 Å². The van der Waals surface area contributed by atoms with E-state index in [1.165, 1.54) is 25.7 Å². The van der Waals surface area contributed by atoms with Crippen LogP contribution in [0.1, 0.15) is 31.2 Å². The van der Waals surface area contributed by atoms with Gasteiger partial charge in [0.1, 0.15) is 11.3 Å². The van der Waals surface area contributed by atoms with Crippen molar-refractivity contribution in [1.29, 1.82) is 0 Å². The summed E-state index contributed by atoms with van der Waals surface area (Å²) in [7, 11) is 0. The molecule has 1 heterocycles. The molecule has 0 spiro atoms. The predicted octanol–water partition coefficient (Wildman–Crippen LogP) is 3.17. The molecular formula is C14H17NO2. The van der Waals surface area contributed by atoms with Crippen molar-refractivity contribution in [3.05, 3.63) is 30.0 Å². The minimum atomic E-state index is 0.305. The summed E-state index contributed by atoms with van der Waals surface area (Å²) >= 11 is 0. The van der Waals surface area contributed by atoms with Crippen molar-refractivity contribution in [1.82, 2.24) is 5.32 Å².